The van der Waals surface area contributed by atoms with Gasteiger partial charge in [0.25, 0.3) is 5.91 Å². The van der Waals surface area contributed by atoms with Crippen molar-refractivity contribution in [3.63, 3.8) is 0 Å². The van der Waals surface area contributed by atoms with Gasteiger partial charge in [0.15, 0.2) is 5.69 Å². The molecule has 7 nitrogen and oxygen atoms in total. The van der Waals surface area contributed by atoms with Crippen LogP contribution in [0.3, 0.4) is 0 Å². The number of carboxylic acid groups (broad SMARTS) is 1. The maximum absolute atomic E-state index is 12.0. The van der Waals surface area contributed by atoms with Crippen molar-refractivity contribution < 1.29 is 14.7 Å². The quantitative estimate of drug-likeness (QED) is 0.828. The number of nitrogens with zero attached hydrogens (tertiary/aromatic N) is 3. The van der Waals surface area contributed by atoms with Crippen LogP contribution in [0.25, 0.3) is 0 Å². The second-order valence-electron chi connectivity index (χ2n) is 5.19. The summed E-state index contributed by atoms with van der Waals surface area (Å²) >= 11 is 0. The van der Waals surface area contributed by atoms with Gasteiger partial charge in [-0.1, -0.05) is 19.1 Å². The lowest BCUT2D eigenvalue weighted by Crippen LogP contribution is -2.37. The molecular weight excluding hydrogens is 248 g/mol. The van der Waals surface area contributed by atoms with Gasteiger partial charge in [-0.15, -0.1) is 5.10 Å². The van der Waals surface area contributed by atoms with E-state index in [4.69, 9.17) is 5.11 Å². The zero-order chi connectivity index (χ0) is 14.0. The zero-order valence-corrected chi connectivity index (χ0v) is 11.0. The Kier molecular flexibility index (Phi) is 3.82. The predicted octanol–water partition coefficient (Wildman–Crippen LogP) is 0.527. The Bertz CT molecular complexity index is 485. The molecule has 0 bridgehead atoms. The summed E-state index contributed by atoms with van der Waals surface area (Å²) in [7, 11) is 0. The largest absolute Gasteiger partial charge is 0.480 e. The molecule has 3 unspecified atom stereocenters. The zero-order valence-electron chi connectivity index (χ0n) is 11.0. The van der Waals surface area contributed by atoms with Crippen LogP contribution in [-0.4, -0.2) is 38.0 Å². The van der Waals surface area contributed by atoms with E-state index in [1.807, 2.05) is 0 Å². The molecule has 2 rings (SSSR count). The van der Waals surface area contributed by atoms with Crippen LogP contribution in [0.15, 0.2) is 6.20 Å². The molecule has 3 atom stereocenters. The van der Waals surface area contributed by atoms with Crippen molar-refractivity contribution in [2.75, 3.05) is 0 Å². The summed E-state index contributed by atoms with van der Waals surface area (Å²) in [5.74, 6) is -0.260. The lowest BCUT2D eigenvalue weighted by molar-refractivity contribution is -0.137. The summed E-state index contributed by atoms with van der Waals surface area (Å²) < 4.78 is 1.14. The number of hydrogen-bond donors (Lipinski definition) is 2. The van der Waals surface area contributed by atoms with E-state index in [2.05, 4.69) is 29.5 Å². The molecule has 1 aromatic rings. The second-order valence-corrected chi connectivity index (χ2v) is 5.19. The molecule has 0 aliphatic heterocycles. The van der Waals surface area contributed by atoms with Gasteiger partial charge in [-0.05, 0) is 24.7 Å². The van der Waals surface area contributed by atoms with Crippen molar-refractivity contribution in [2.24, 2.45) is 11.8 Å². The number of hydrogen-bond acceptors (Lipinski definition) is 4. The minimum atomic E-state index is -1.02. The average molecular weight is 266 g/mol. The van der Waals surface area contributed by atoms with E-state index in [-0.39, 0.29) is 24.2 Å². The summed E-state index contributed by atoms with van der Waals surface area (Å²) in [5.41, 5.74) is 0.160. The highest BCUT2D eigenvalue weighted by molar-refractivity contribution is 5.92. The molecule has 1 aliphatic carbocycles. The van der Waals surface area contributed by atoms with Crippen LogP contribution in [0.2, 0.25) is 0 Å². The fourth-order valence-corrected chi connectivity index (χ4v) is 2.43. The minimum absolute atomic E-state index is 0.159. The van der Waals surface area contributed by atoms with Crippen LogP contribution in [-0.2, 0) is 11.3 Å². The predicted molar refractivity (Wildman–Crippen MR) is 66.5 cm³/mol. The fourth-order valence-electron chi connectivity index (χ4n) is 2.43. The highest BCUT2D eigenvalue weighted by Gasteiger charge is 2.31. The van der Waals surface area contributed by atoms with Crippen molar-refractivity contribution in [1.29, 1.82) is 0 Å². The summed E-state index contributed by atoms with van der Waals surface area (Å²) in [6, 6.07) is 0.159. The number of rotatable bonds is 4. The highest BCUT2D eigenvalue weighted by atomic mass is 16.4. The van der Waals surface area contributed by atoms with Crippen LogP contribution in [0.4, 0.5) is 0 Å². The molecule has 104 valence electrons. The first kappa shape index (κ1) is 13.5. The molecule has 19 heavy (non-hydrogen) atoms. The topological polar surface area (TPSA) is 97.1 Å². The van der Waals surface area contributed by atoms with E-state index >= 15 is 0 Å². The Morgan fingerprint density at radius 1 is 1.47 bits per heavy atom. The lowest BCUT2D eigenvalue weighted by Gasteiger charge is -2.18. The highest BCUT2D eigenvalue weighted by Crippen LogP contribution is 2.31. The van der Waals surface area contributed by atoms with Gasteiger partial charge < -0.3 is 10.4 Å². The smallest absolute Gasteiger partial charge is 0.325 e. The molecule has 1 aromatic heterocycles. The fraction of sp³-hybridized carbons (Fsp3) is 0.667. The van der Waals surface area contributed by atoms with Gasteiger partial charge in [0, 0.05) is 6.04 Å². The van der Waals surface area contributed by atoms with Gasteiger partial charge in [0.05, 0.1) is 6.20 Å². The van der Waals surface area contributed by atoms with Crippen LogP contribution in [0.1, 0.15) is 37.2 Å². The van der Waals surface area contributed by atoms with Crippen molar-refractivity contribution >= 4 is 11.9 Å². The van der Waals surface area contributed by atoms with Crippen LogP contribution in [0, 0.1) is 11.8 Å². The maximum atomic E-state index is 12.0. The Labute approximate surface area is 111 Å². The Morgan fingerprint density at radius 3 is 2.79 bits per heavy atom. The first-order valence-corrected chi connectivity index (χ1v) is 6.40. The van der Waals surface area contributed by atoms with Gasteiger partial charge in [-0.2, -0.15) is 0 Å². The van der Waals surface area contributed by atoms with Crippen LogP contribution < -0.4 is 5.32 Å². The Hall–Kier alpha value is -1.92. The minimum Gasteiger partial charge on any atom is -0.480 e. The molecule has 2 N–H and O–H groups in total. The first-order chi connectivity index (χ1) is 8.97. The maximum Gasteiger partial charge on any atom is 0.325 e. The molecule has 1 amide bonds. The number of carboxylic acids is 1. The number of carbonyl (C=O) groups excluding carboxylic acids is 1. The second kappa shape index (κ2) is 5.38. The van der Waals surface area contributed by atoms with E-state index < -0.39 is 5.97 Å². The van der Waals surface area contributed by atoms with Gasteiger partial charge in [0.1, 0.15) is 6.54 Å². The van der Waals surface area contributed by atoms with E-state index in [0.717, 1.165) is 17.5 Å². The van der Waals surface area contributed by atoms with Crippen molar-refractivity contribution in [2.45, 2.75) is 39.3 Å². The summed E-state index contributed by atoms with van der Waals surface area (Å²) in [4.78, 5) is 22.5. The third-order valence-corrected chi connectivity index (χ3v) is 3.85. The number of aliphatic carboxylic acids is 1. The molecule has 1 heterocycles. The SMILES string of the molecule is CC1CCC(NC(=O)c2cn(CC(=O)O)nn2)C1C. The van der Waals surface area contributed by atoms with Gasteiger partial charge in [-0.3, -0.25) is 9.59 Å². The average Bonchev–Trinajstić information content (AvgIpc) is 2.90. The third kappa shape index (κ3) is 3.10. The van der Waals surface area contributed by atoms with Crippen molar-refractivity contribution in [1.82, 2.24) is 20.3 Å². The lowest BCUT2D eigenvalue weighted by atomic mass is 9.98. The molecule has 0 radical (unpaired) electrons. The normalized spacial score (nSPS) is 26.3. The van der Waals surface area contributed by atoms with E-state index in [1.165, 1.54) is 6.20 Å². The summed E-state index contributed by atoms with van der Waals surface area (Å²) in [6.45, 7) is 4.01. The molecule has 1 fully saturated rings. The molecule has 1 aliphatic rings. The standard InChI is InChI=1S/C12H18N4O3/c1-7-3-4-9(8(7)2)13-12(19)10-5-16(15-14-10)6-11(17)18/h5,7-9H,3-4,6H2,1-2H3,(H,13,19)(H,17,18). The molecule has 0 spiro atoms. The number of amides is 1. The third-order valence-electron chi connectivity index (χ3n) is 3.85. The van der Waals surface area contributed by atoms with Crippen LogP contribution >= 0.6 is 0 Å². The van der Waals surface area contributed by atoms with Gasteiger partial charge >= 0.3 is 5.97 Å². The van der Waals surface area contributed by atoms with E-state index in [9.17, 15) is 9.59 Å². The number of carbonyl (C=O) groups is 2. The summed E-state index contributed by atoms with van der Waals surface area (Å²) in [6.07, 6.45) is 3.43. The number of nitrogens with one attached hydrogen (secondary N) is 1. The van der Waals surface area contributed by atoms with E-state index in [0.29, 0.717) is 11.8 Å². The molecule has 0 aromatic carbocycles. The Morgan fingerprint density at radius 2 is 2.21 bits per heavy atom. The molecule has 1 saturated carbocycles. The van der Waals surface area contributed by atoms with Gasteiger partial charge in [0.2, 0.25) is 0 Å². The molecule has 7 heteroatoms. The van der Waals surface area contributed by atoms with Crippen LogP contribution in [0.5, 0.6) is 0 Å². The number of aromatic nitrogens is 3. The van der Waals surface area contributed by atoms with Crippen molar-refractivity contribution in [3.8, 4) is 0 Å². The molecule has 0 saturated heterocycles. The summed E-state index contributed by atoms with van der Waals surface area (Å²) in [5, 5.41) is 18.9. The Balaban J connectivity index is 1.96. The van der Waals surface area contributed by atoms with Gasteiger partial charge in [-0.25, -0.2) is 4.68 Å². The monoisotopic (exact) mass is 266 g/mol. The first-order valence-electron chi connectivity index (χ1n) is 6.40. The van der Waals surface area contributed by atoms with Crippen molar-refractivity contribution in [3.05, 3.63) is 11.9 Å². The molecular formula is C12H18N4O3. The van der Waals surface area contributed by atoms with E-state index in [1.54, 1.807) is 0 Å².